The Labute approximate surface area is 141 Å². The zero-order valence-corrected chi connectivity index (χ0v) is 14.7. The zero-order chi connectivity index (χ0) is 16.2. The van der Waals surface area contributed by atoms with E-state index in [2.05, 4.69) is 48.6 Å². The summed E-state index contributed by atoms with van der Waals surface area (Å²) in [6, 6.07) is 8.88. The first-order valence-corrected chi connectivity index (χ1v) is 9.52. The molecular formula is C19H24N2OS. The Morgan fingerprint density at radius 3 is 2.61 bits per heavy atom. The molecule has 0 spiro atoms. The van der Waals surface area contributed by atoms with Crippen molar-refractivity contribution >= 4 is 24.4 Å². The highest BCUT2D eigenvalue weighted by molar-refractivity contribution is 7.98. The second-order valence-corrected chi connectivity index (χ2v) is 6.80. The van der Waals surface area contributed by atoms with Crippen LogP contribution in [0.4, 0.5) is 0 Å². The van der Waals surface area contributed by atoms with Gasteiger partial charge in [0, 0.05) is 11.4 Å². The molecule has 3 nitrogen and oxygen atoms in total. The Morgan fingerprint density at radius 2 is 2.00 bits per heavy atom. The first-order chi connectivity index (χ1) is 11.2. The zero-order valence-electron chi connectivity index (χ0n) is 13.9. The molecule has 0 N–H and O–H groups in total. The monoisotopic (exact) mass is 328 g/mol. The number of hydrogen-bond acceptors (Lipinski definition) is 3. The number of rotatable bonds is 4. The molecule has 122 valence electrons. The van der Waals surface area contributed by atoms with E-state index in [0.29, 0.717) is 6.04 Å². The van der Waals surface area contributed by atoms with Gasteiger partial charge in [-0.3, -0.25) is 4.57 Å². The van der Waals surface area contributed by atoms with E-state index in [1.807, 2.05) is 6.08 Å². The van der Waals surface area contributed by atoms with Gasteiger partial charge in [0.1, 0.15) is 0 Å². The van der Waals surface area contributed by atoms with E-state index in [1.54, 1.807) is 11.8 Å². The summed E-state index contributed by atoms with van der Waals surface area (Å²) in [6.07, 6.45) is 9.03. The molecule has 0 bridgehead atoms. The van der Waals surface area contributed by atoms with Gasteiger partial charge in [-0.05, 0) is 49.8 Å². The van der Waals surface area contributed by atoms with Crippen LogP contribution in [-0.4, -0.2) is 16.9 Å². The molecule has 0 unspecified atom stereocenters. The molecular weight excluding hydrogens is 304 g/mol. The van der Waals surface area contributed by atoms with Crippen molar-refractivity contribution in [1.29, 1.82) is 0 Å². The lowest BCUT2D eigenvalue weighted by atomic mass is 10.2. The van der Waals surface area contributed by atoms with Crippen LogP contribution in [0.15, 0.2) is 38.6 Å². The number of benzene rings is 1. The summed E-state index contributed by atoms with van der Waals surface area (Å²) in [5, 5.41) is 0.901. The van der Waals surface area contributed by atoms with Gasteiger partial charge in [-0.15, -0.1) is 11.8 Å². The fourth-order valence-electron chi connectivity index (χ4n) is 3.04. The summed E-state index contributed by atoms with van der Waals surface area (Å²) in [4.78, 5) is 6.07. The lowest BCUT2D eigenvalue weighted by Crippen LogP contribution is -2.31. The largest absolute Gasteiger partial charge is 0.424 e. The molecule has 3 rings (SSSR count). The second-order valence-electron chi connectivity index (χ2n) is 5.92. The van der Waals surface area contributed by atoms with Crippen molar-refractivity contribution in [2.75, 3.05) is 6.26 Å². The van der Waals surface area contributed by atoms with Gasteiger partial charge in [-0.2, -0.15) is 0 Å². The standard InChI is InChI=1S/C19H24N2OS/c1-4-21-14(2)18(13-15-9-11-17(23-3)12-10-15)22-19(21)20-16-7-5-6-8-16/h9-13,16H,2,4-8H2,1,3H3/b18-13+,20-19?. The van der Waals surface area contributed by atoms with Gasteiger partial charge in [-0.25, -0.2) is 4.99 Å². The van der Waals surface area contributed by atoms with Crippen LogP contribution in [0.1, 0.15) is 38.2 Å². The normalized spacial score (nSPS) is 17.3. The van der Waals surface area contributed by atoms with Crippen molar-refractivity contribution in [3.05, 3.63) is 46.3 Å². The molecule has 4 heteroatoms. The maximum absolute atomic E-state index is 6.03. The third-order valence-electron chi connectivity index (χ3n) is 4.39. The Hall–Kier alpha value is -1.68. The predicted octanol–water partition coefficient (Wildman–Crippen LogP) is 2.91. The number of nitrogens with zero attached hydrogens (tertiary/aromatic N) is 2. The SMILES string of the molecule is C=c1/c(=C\c2ccc(SC)cc2)oc(=NC2CCCC2)n1CC. The number of aromatic nitrogens is 1. The van der Waals surface area contributed by atoms with Crippen molar-refractivity contribution in [3.8, 4) is 0 Å². The highest BCUT2D eigenvalue weighted by atomic mass is 32.2. The summed E-state index contributed by atoms with van der Waals surface area (Å²) in [6.45, 7) is 7.12. The van der Waals surface area contributed by atoms with E-state index in [9.17, 15) is 0 Å². The van der Waals surface area contributed by atoms with Gasteiger partial charge in [0.25, 0.3) is 5.68 Å². The third-order valence-corrected chi connectivity index (χ3v) is 5.13. The molecule has 2 aromatic rings. The number of hydrogen-bond donors (Lipinski definition) is 0. The Kier molecular flexibility index (Phi) is 5.11. The molecule has 1 heterocycles. The van der Waals surface area contributed by atoms with Crippen molar-refractivity contribution in [3.63, 3.8) is 0 Å². The fourth-order valence-corrected chi connectivity index (χ4v) is 3.45. The van der Waals surface area contributed by atoms with Crippen LogP contribution in [-0.2, 0) is 6.54 Å². The molecule has 23 heavy (non-hydrogen) atoms. The minimum atomic E-state index is 0.409. The maximum Gasteiger partial charge on any atom is 0.297 e. The first-order valence-electron chi connectivity index (χ1n) is 8.29. The van der Waals surface area contributed by atoms with Crippen LogP contribution < -0.4 is 16.4 Å². The molecule has 1 fully saturated rings. The minimum Gasteiger partial charge on any atom is -0.424 e. The molecule has 0 amide bonds. The van der Waals surface area contributed by atoms with Gasteiger partial charge >= 0.3 is 0 Å². The van der Waals surface area contributed by atoms with Gasteiger partial charge in [-0.1, -0.05) is 31.6 Å². The highest BCUT2D eigenvalue weighted by Gasteiger charge is 2.14. The van der Waals surface area contributed by atoms with E-state index in [-0.39, 0.29) is 0 Å². The average molecular weight is 328 g/mol. The number of thioether (sulfide) groups is 1. The quantitative estimate of drug-likeness (QED) is 0.808. The van der Waals surface area contributed by atoms with E-state index in [1.165, 1.54) is 30.6 Å². The van der Waals surface area contributed by atoms with Crippen molar-refractivity contribution < 1.29 is 4.42 Å². The van der Waals surface area contributed by atoms with Gasteiger partial charge in [0.05, 0.1) is 11.4 Å². The van der Waals surface area contributed by atoms with Crippen molar-refractivity contribution in [2.45, 2.75) is 50.1 Å². The lowest BCUT2D eigenvalue weighted by molar-refractivity contribution is 0.426. The Morgan fingerprint density at radius 1 is 1.30 bits per heavy atom. The summed E-state index contributed by atoms with van der Waals surface area (Å²) >= 11 is 1.75. The molecule has 0 aliphatic heterocycles. The van der Waals surface area contributed by atoms with Crippen LogP contribution in [0, 0.1) is 0 Å². The fraction of sp³-hybridized carbons (Fsp3) is 0.421. The van der Waals surface area contributed by atoms with Crippen LogP contribution in [0.25, 0.3) is 12.7 Å². The van der Waals surface area contributed by atoms with Gasteiger partial charge < -0.3 is 4.42 Å². The number of oxazole rings is 1. The molecule has 0 saturated heterocycles. The summed E-state index contributed by atoms with van der Waals surface area (Å²) in [5.74, 6) is 0. The molecule has 1 aliphatic carbocycles. The van der Waals surface area contributed by atoms with Crippen LogP contribution in [0.2, 0.25) is 0 Å². The van der Waals surface area contributed by atoms with E-state index in [4.69, 9.17) is 9.41 Å². The second kappa shape index (κ2) is 7.26. The lowest BCUT2D eigenvalue weighted by Gasteiger charge is -2.00. The van der Waals surface area contributed by atoms with Crippen molar-refractivity contribution in [2.24, 2.45) is 4.99 Å². The topological polar surface area (TPSA) is 30.4 Å². The average Bonchev–Trinajstić information content (AvgIpc) is 3.17. The molecule has 1 aliphatic rings. The highest BCUT2D eigenvalue weighted by Crippen LogP contribution is 2.20. The first kappa shape index (κ1) is 16.2. The van der Waals surface area contributed by atoms with Crippen molar-refractivity contribution in [1.82, 2.24) is 4.57 Å². The Balaban J connectivity index is 2.03. The minimum absolute atomic E-state index is 0.409. The van der Waals surface area contributed by atoms with E-state index in [0.717, 1.165) is 28.6 Å². The maximum atomic E-state index is 6.03. The smallest absolute Gasteiger partial charge is 0.297 e. The van der Waals surface area contributed by atoms with E-state index >= 15 is 0 Å². The molecule has 1 saturated carbocycles. The summed E-state index contributed by atoms with van der Waals surface area (Å²) in [5.41, 5.74) is 2.65. The van der Waals surface area contributed by atoms with Crippen LogP contribution in [0.5, 0.6) is 0 Å². The van der Waals surface area contributed by atoms with E-state index < -0.39 is 0 Å². The summed E-state index contributed by atoms with van der Waals surface area (Å²) in [7, 11) is 0. The third kappa shape index (κ3) is 3.63. The summed E-state index contributed by atoms with van der Waals surface area (Å²) < 4.78 is 8.10. The molecule has 0 atom stereocenters. The molecule has 0 radical (unpaired) electrons. The Bertz CT molecular complexity index is 824. The predicted molar refractivity (Wildman–Crippen MR) is 96.8 cm³/mol. The molecule has 1 aromatic heterocycles. The molecule has 1 aromatic carbocycles. The van der Waals surface area contributed by atoms with Crippen LogP contribution in [0.3, 0.4) is 0 Å². The van der Waals surface area contributed by atoms with Gasteiger partial charge in [0.15, 0.2) is 5.42 Å². The van der Waals surface area contributed by atoms with Gasteiger partial charge in [0.2, 0.25) is 0 Å². The van der Waals surface area contributed by atoms with Crippen LogP contribution >= 0.6 is 11.8 Å².